The number of aliphatic hydroxyl groups excluding tert-OH is 1. The monoisotopic (exact) mass is 500 g/mol. The third kappa shape index (κ3) is 6.53. The summed E-state index contributed by atoms with van der Waals surface area (Å²) < 4.78 is 12.5. The molecule has 8 heteroatoms. The van der Waals surface area contributed by atoms with Crippen LogP contribution in [0.4, 0.5) is 5.69 Å². The summed E-state index contributed by atoms with van der Waals surface area (Å²) in [5.41, 5.74) is 2.69. The predicted octanol–water partition coefficient (Wildman–Crippen LogP) is 5.16. The van der Waals surface area contributed by atoms with Crippen LogP contribution in [0.2, 0.25) is 0 Å². The van der Waals surface area contributed by atoms with Crippen LogP contribution in [0.25, 0.3) is 0 Å². The fourth-order valence-corrected chi connectivity index (χ4v) is 3.57. The van der Waals surface area contributed by atoms with Crippen LogP contribution in [0.15, 0.2) is 71.2 Å². The maximum Gasteiger partial charge on any atom is 0.269 e. The molecule has 7 nitrogen and oxygen atoms in total. The standard InChI is InChI=1S/C24H25BrN2O5/c1-2-31-23-12-19(14-26-15-22(28)18-6-4-3-5-7-18)21(25)13-24(23)32-16-17-8-10-20(11-9-17)27(29)30/h3-13,22,26,28H,2,14-16H2,1H3. The van der Waals surface area contributed by atoms with E-state index in [-0.39, 0.29) is 12.3 Å². The minimum atomic E-state index is -0.592. The molecule has 0 aromatic heterocycles. The van der Waals surface area contributed by atoms with Gasteiger partial charge in [0, 0.05) is 29.7 Å². The average Bonchev–Trinajstić information content (AvgIpc) is 2.80. The Hall–Kier alpha value is -2.94. The van der Waals surface area contributed by atoms with E-state index in [1.54, 1.807) is 12.1 Å². The molecule has 2 N–H and O–H groups in total. The Balaban J connectivity index is 1.63. The number of halogens is 1. The van der Waals surface area contributed by atoms with Gasteiger partial charge >= 0.3 is 0 Å². The van der Waals surface area contributed by atoms with Gasteiger partial charge in [0.1, 0.15) is 6.61 Å². The average molecular weight is 501 g/mol. The maximum atomic E-state index is 10.8. The largest absolute Gasteiger partial charge is 0.490 e. The van der Waals surface area contributed by atoms with Crippen molar-refractivity contribution < 1.29 is 19.5 Å². The molecule has 3 aromatic carbocycles. The summed E-state index contributed by atoms with van der Waals surface area (Å²) in [4.78, 5) is 10.4. The molecule has 0 heterocycles. The Morgan fingerprint density at radius 3 is 2.41 bits per heavy atom. The second kappa shape index (κ2) is 11.6. The van der Waals surface area contributed by atoms with E-state index in [1.165, 1.54) is 12.1 Å². The highest BCUT2D eigenvalue weighted by atomic mass is 79.9. The van der Waals surface area contributed by atoms with Crippen LogP contribution in [-0.4, -0.2) is 23.2 Å². The highest BCUT2D eigenvalue weighted by Gasteiger charge is 2.13. The SMILES string of the molecule is CCOc1cc(CNCC(O)c2ccccc2)c(Br)cc1OCc1ccc([N+](=O)[O-])cc1. The second-order valence-corrected chi connectivity index (χ2v) is 7.95. The topological polar surface area (TPSA) is 93.9 Å². The van der Waals surface area contributed by atoms with Crippen molar-refractivity contribution in [1.82, 2.24) is 5.32 Å². The number of hydrogen-bond donors (Lipinski definition) is 2. The number of rotatable bonds is 11. The summed E-state index contributed by atoms with van der Waals surface area (Å²) in [7, 11) is 0. The van der Waals surface area contributed by atoms with E-state index in [9.17, 15) is 15.2 Å². The molecule has 0 radical (unpaired) electrons. The first-order valence-electron chi connectivity index (χ1n) is 10.2. The van der Waals surface area contributed by atoms with Gasteiger partial charge in [0.25, 0.3) is 5.69 Å². The number of nitro groups is 1. The molecule has 32 heavy (non-hydrogen) atoms. The normalized spacial score (nSPS) is 11.7. The fourth-order valence-electron chi connectivity index (χ4n) is 3.11. The molecule has 0 saturated carbocycles. The van der Waals surface area contributed by atoms with Gasteiger partial charge in [0.05, 0.1) is 17.6 Å². The van der Waals surface area contributed by atoms with Gasteiger partial charge in [0.2, 0.25) is 0 Å². The Morgan fingerprint density at radius 1 is 1.06 bits per heavy atom. The molecule has 1 unspecified atom stereocenters. The fraction of sp³-hybridized carbons (Fsp3) is 0.250. The van der Waals surface area contributed by atoms with Gasteiger partial charge < -0.3 is 19.9 Å². The van der Waals surface area contributed by atoms with Crippen LogP contribution >= 0.6 is 15.9 Å². The smallest absolute Gasteiger partial charge is 0.269 e. The molecule has 3 rings (SSSR count). The van der Waals surface area contributed by atoms with Crippen LogP contribution in [0, 0.1) is 10.1 Å². The lowest BCUT2D eigenvalue weighted by molar-refractivity contribution is -0.384. The van der Waals surface area contributed by atoms with Gasteiger partial charge in [-0.2, -0.15) is 0 Å². The molecule has 0 bridgehead atoms. The first-order valence-corrected chi connectivity index (χ1v) is 11.0. The molecule has 0 aliphatic rings. The summed E-state index contributed by atoms with van der Waals surface area (Å²) in [6.07, 6.45) is -0.592. The zero-order valence-electron chi connectivity index (χ0n) is 17.7. The molecule has 0 aliphatic carbocycles. The lowest BCUT2D eigenvalue weighted by atomic mass is 10.1. The summed E-state index contributed by atoms with van der Waals surface area (Å²) in [6, 6.07) is 19.5. The number of benzene rings is 3. The Bertz CT molecular complexity index is 1030. The van der Waals surface area contributed by atoms with Gasteiger partial charge in [-0.25, -0.2) is 0 Å². The molecular weight excluding hydrogens is 476 g/mol. The van der Waals surface area contributed by atoms with Crippen LogP contribution in [0.3, 0.4) is 0 Å². The van der Waals surface area contributed by atoms with Crippen molar-refractivity contribution in [3.8, 4) is 11.5 Å². The van der Waals surface area contributed by atoms with Crippen LogP contribution in [-0.2, 0) is 13.2 Å². The summed E-state index contributed by atoms with van der Waals surface area (Å²) in [6.45, 7) is 3.59. The minimum Gasteiger partial charge on any atom is -0.490 e. The number of non-ortho nitro benzene ring substituents is 1. The van der Waals surface area contributed by atoms with Crippen LogP contribution < -0.4 is 14.8 Å². The van der Waals surface area contributed by atoms with Crippen molar-refractivity contribution in [3.05, 3.63) is 98.0 Å². The molecule has 168 valence electrons. The highest BCUT2D eigenvalue weighted by molar-refractivity contribution is 9.10. The predicted molar refractivity (Wildman–Crippen MR) is 126 cm³/mol. The van der Waals surface area contributed by atoms with Crippen molar-refractivity contribution in [1.29, 1.82) is 0 Å². The van der Waals surface area contributed by atoms with E-state index in [2.05, 4.69) is 21.2 Å². The lowest BCUT2D eigenvalue weighted by Gasteiger charge is -2.16. The van der Waals surface area contributed by atoms with E-state index in [0.717, 1.165) is 21.2 Å². The number of hydrogen-bond acceptors (Lipinski definition) is 6. The minimum absolute atomic E-state index is 0.0423. The van der Waals surface area contributed by atoms with Gasteiger partial charge in [-0.3, -0.25) is 10.1 Å². The summed E-state index contributed by atoms with van der Waals surface area (Å²) in [5, 5.41) is 24.4. The zero-order valence-corrected chi connectivity index (χ0v) is 19.2. The number of nitrogens with zero attached hydrogens (tertiary/aromatic N) is 1. The highest BCUT2D eigenvalue weighted by Crippen LogP contribution is 2.34. The molecular formula is C24H25BrN2O5. The van der Waals surface area contributed by atoms with Crippen molar-refractivity contribution in [2.24, 2.45) is 0 Å². The number of nitrogens with one attached hydrogen (secondary N) is 1. The van der Waals surface area contributed by atoms with Crippen LogP contribution in [0.1, 0.15) is 29.7 Å². The van der Waals surface area contributed by atoms with Crippen LogP contribution in [0.5, 0.6) is 11.5 Å². The van der Waals surface area contributed by atoms with Crippen molar-refractivity contribution >= 4 is 21.6 Å². The first kappa shape index (κ1) is 23.7. The Kier molecular flexibility index (Phi) is 8.61. The van der Waals surface area contributed by atoms with Crippen molar-refractivity contribution in [2.45, 2.75) is 26.2 Å². The summed E-state index contributed by atoms with van der Waals surface area (Å²) >= 11 is 3.58. The molecule has 0 fully saturated rings. The molecule has 0 amide bonds. The van der Waals surface area contributed by atoms with Gasteiger partial charge in [-0.05, 0) is 47.9 Å². The third-order valence-electron chi connectivity index (χ3n) is 4.79. The Labute approximate surface area is 195 Å². The van der Waals surface area contributed by atoms with Gasteiger partial charge in [-0.1, -0.05) is 46.3 Å². The third-order valence-corrected chi connectivity index (χ3v) is 5.53. The molecule has 0 spiro atoms. The quantitative estimate of drug-likeness (QED) is 0.279. The molecule has 0 aliphatic heterocycles. The van der Waals surface area contributed by atoms with E-state index in [1.807, 2.05) is 49.4 Å². The van der Waals surface area contributed by atoms with Gasteiger partial charge in [-0.15, -0.1) is 0 Å². The summed E-state index contributed by atoms with van der Waals surface area (Å²) in [5.74, 6) is 1.18. The van der Waals surface area contributed by atoms with E-state index in [0.29, 0.717) is 31.2 Å². The molecule has 1 atom stereocenters. The zero-order chi connectivity index (χ0) is 22.9. The van der Waals surface area contributed by atoms with Crippen molar-refractivity contribution in [3.63, 3.8) is 0 Å². The number of aliphatic hydroxyl groups is 1. The molecule has 0 saturated heterocycles. The van der Waals surface area contributed by atoms with Crippen molar-refractivity contribution in [2.75, 3.05) is 13.2 Å². The second-order valence-electron chi connectivity index (χ2n) is 7.09. The maximum absolute atomic E-state index is 10.8. The lowest BCUT2D eigenvalue weighted by Crippen LogP contribution is -2.21. The first-order chi connectivity index (χ1) is 15.5. The van der Waals surface area contributed by atoms with Gasteiger partial charge in [0.15, 0.2) is 11.5 Å². The van der Waals surface area contributed by atoms with E-state index < -0.39 is 11.0 Å². The van der Waals surface area contributed by atoms with E-state index in [4.69, 9.17) is 9.47 Å². The number of ether oxygens (including phenoxy) is 2. The Morgan fingerprint density at radius 2 is 1.75 bits per heavy atom. The molecule has 3 aromatic rings. The van der Waals surface area contributed by atoms with E-state index >= 15 is 0 Å². The number of nitro benzene ring substituents is 1.